The lowest BCUT2D eigenvalue weighted by Gasteiger charge is -2.14. The molecule has 0 aliphatic carbocycles. The predicted molar refractivity (Wildman–Crippen MR) is 78.5 cm³/mol. The van der Waals surface area contributed by atoms with E-state index >= 15 is 0 Å². The summed E-state index contributed by atoms with van der Waals surface area (Å²) in [5.41, 5.74) is 5.98. The summed E-state index contributed by atoms with van der Waals surface area (Å²) >= 11 is 0. The summed E-state index contributed by atoms with van der Waals surface area (Å²) in [4.78, 5) is 10.8. The van der Waals surface area contributed by atoms with E-state index in [1.54, 1.807) is 20.3 Å². The van der Waals surface area contributed by atoms with Gasteiger partial charge in [0.25, 0.3) is 5.91 Å². The predicted octanol–water partition coefficient (Wildman–Crippen LogP) is 0.717. The Kier molecular flexibility index (Phi) is 9.53. The van der Waals surface area contributed by atoms with Crippen LogP contribution < -0.4 is 20.5 Å². The fraction of sp³-hybridized carbons (Fsp3) is 0.462. The van der Waals surface area contributed by atoms with Crippen molar-refractivity contribution in [3.63, 3.8) is 0 Å². The van der Waals surface area contributed by atoms with Crippen molar-refractivity contribution >= 4 is 18.3 Å². The van der Waals surface area contributed by atoms with Gasteiger partial charge in [-0.3, -0.25) is 4.79 Å². The molecule has 0 fully saturated rings. The van der Waals surface area contributed by atoms with Crippen LogP contribution in [-0.2, 0) is 16.1 Å². The first kappa shape index (κ1) is 18.5. The zero-order chi connectivity index (χ0) is 14.1. The Balaban J connectivity index is 0.00000361. The maximum atomic E-state index is 10.8. The highest BCUT2D eigenvalue weighted by Gasteiger charge is 2.11. The fourth-order valence-electron chi connectivity index (χ4n) is 1.57. The van der Waals surface area contributed by atoms with Crippen LogP contribution in [0.5, 0.6) is 11.5 Å². The van der Waals surface area contributed by atoms with E-state index in [1.807, 2.05) is 12.1 Å². The van der Waals surface area contributed by atoms with Crippen LogP contribution in [0.3, 0.4) is 0 Å². The number of ether oxygens (including phenoxy) is 3. The molecule has 0 aliphatic rings. The Morgan fingerprint density at radius 1 is 1.35 bits per heavy atom. The number of halogens is 1. The van der Waals surface area contributed by atoms with Gasteiger partial charge in [0.15, 0.2) is 18.1 Å². The molecule has 0 atom stereocenters. The maximum Gasteiger partial charge on any atom is 0.255 e. The summed E-state index contributed by atoms with van der Waals surface area (Å²) in [6, 6.07) is 5.54. The number of rotatable bonds is 9. The quantitative estimate of drug-likeness (QED) is 0.657. The molecule has 1 rings (SSSR count). The summed E-state index contributed by atoms with van der Waals surface area (Å²) in [6.07, 6.45) is 0. The van der Waals surface area contributed by atoms with Crippen molar-refractivity contribution in [3.8, 4) is 11.5 Å². The molecule has 0 radical (unpaired) electrons. The van der Waals surface area contributed by atoms with Gasteiger partial charge in [-0.15, -0.1) is 12.4 Å². The summed E-state index contributed by atoms with van der Waals surface area (Å²) in [5.74, 6) is 0.588. The summed E-state index contributed by atoms with van der Waals surface area (Å²) in [6.45, 7) is 1.77. The van der Waals surface area contributed by atoms with Gasteiger partial charge in [-0.05, 0) is 6.07 Å². The van der Waals surface area contributed by atoms with E-state index in [0.29, 0.717) is 24.7 Å². The number of nitrogens with one attached hydrogen (secondary N) is 1. The Labute approximate surface area is 125 Å². The van der Waals surface area contributed by atoms with Gasteiger partial charge < -0.3 is 25.3 Å². The smallest absolute Gasteiger partial charge is 0.255 e. The molecular weight excluding hydrogens is 284 g/mol. The summed E-state index contributed by atoms with van der Waals surface area (Å²) in [5, 5.41) is 3.21. The van der Waals surface area contributed by atoms with Crippen LogP contribution in [0, 0.1) is 0 Å². The third-order valence-electron chi connectivity index (χ3n) is 2.44. The van der Waals surface area contributed by atoms with Gasteiger partial charge in [-0.1, -0.05) is 12.1 Å². The molecule has 20 heavy (non-hydrogen) atoms. The molecular formula is C13H21ClN2O4. The lowest BCUT2D eigenvalue weighted by molar-refractivity contribution is -0.119. The second-order valence-electron chi connectivity index (χ2n) is 3.87. The monoisotopic (exact) mass is 304 g/mol. The number of hydrogen-bond donors (Lipinski definition) is 2. The lowest BCUT2D eigenvalue weighted by atomic mass is 10.2. The molecule has 3 N–H and O–H groups in total. The average Bonchev–Trinajstić information content (AvgIpc) is 2.41. The molecule has 0 heterocycles. The number of hydrogen-bond acceptors (Lipinski definition) is 5. The molecule has 0 saturated carbocycles. The van der Waals surface area contributed by atoms with Gasteiger partial charge in [0.1, 0.15) is 0 Å². The van der Waals surface area contributed by atoms with Crippen LogP contribution in [0.15, 0.2) is 18.2 Å². The standard InChI is InChI=1S/C13H20N2O4.ClH/c1-17-7-6-15-8-10-4-3-5-11(18-2)13(10)19-9-12(14)16;/h3-5,15H,6-9H2,1-2H3,(H2,14,16);1H. The van der Waals surface area contributed by atoms with Crippen LogP contribution in [0.25, 0.3) is 0 Å². The average molecular weight is 305 g/mol. The number of carbonyl (C=O) groups excluding carboxylic acids is 1. The number of primary amides is 1. The summed E-state index contributed by atoms with van der Waals surface area (Å²) in [7, 11) is 3.20. The molecule has 0 aliphatic heterocycles. The molecule has 1 aromatic rings. The largest absolute Gasteiger partial charge is 0.493 e. The van der Waals surface area contributed by atoms with E-state index in [1.165, 1.54) is 0 Å². The van der Waals surface area contributed by atoms with Gasteiger partial charge in [0, 0.05) is 25.8 Å². The van der Waals surface area contributed by atoms with E-state index in [0.717, 1.165) is 12.1 Å². The minimum Gasteiger partial charge on any atom is -0.493 e. The highest BCUT2D eigenvalue weighted by atomic mass is 35.5. The van der Waals surface area contributed by atoms with Crippen LogP contribution in [0.1, 0.15) is 5.56 Å². The van der Waals surface area contributed by atoms with Gasteiger partial charge in [-0.2, -0.15) is 0 Å². The lowest BCUT2D eigenvalue weighted by Crippen LogP contribution is -2.22. The van der Waals surface area contributed by atoms with E-state index in [4.69, 9.17) is 19.9 Å². The molecule has 0 aromatic heterocycles. The normalized spacial score (nSPS) is 9.70. The van der Waals surface area contributed by atoms with Crippen molar-refractivity contribution in [1.29, 1.82) is 0 Å². The molecule has 0 unspecified atom stereocenters. The maximum absolute atomic E-state index is 10.8. The Morgan fingerprint density at radius 2 is 2.10 bits per heavy atom. The first-order valence-electron chi connectivity index (χ1n) is 5.95. The zero-order valence-electron chi connectivity index (χ0n) is 11.7. The van der Waals surface area contributed by atoms with Crippen molar-refractivity contribution in [3.05, 3.63) is 23.8 Å². The topological polar surface area (TPSA) is 82.8 Å². The zero-order valence-corrected chi connectivity index (χ0v) is 12.5. The number of para-hydroxylation sites is 1. The van der Waals surface area contributed by atoms with Crippen LogP contribution in [-0.4, -0.2) is 39.9 Å². The van der Waals surface area contributed by atoms with Crippen LogP contribution in [0.2, 0.25) is 0 Å². The van der Waals surface area contributed by atoms with E-state index in [9.17, 15) is 4.79 Å². The van der Waals surface area contributed by atoms with Gasteiger partial charge >= 0.3 is 0 Å². The molecule has 1 amide bonds. The molecule has 114 valence electrons. The summed E-state index contributed by atoms with van der Waals surface area (Å²) < 4.78 is 15.6. The van der Waals surface area contributed by atoms with Crippen LogP contribution in [0.4, 0.5) is 0 Å². The van der Waals surface area contributed by atoms with Gasteiger partial charge in [-0.25, -0.2) is 0 Å². The number of carbonyl (C=O) groups is 1. The van der Waals surface area contributed by atoms with E-state index < -0.39 is 5.91 Å². The van der Waals surface area contributed by atoms with Gasteiger partial charge in [0.2, 0.25) is 0 Å². The Hall–Kier alpha value is -1.50. The second kappa shape index (κ2) is 10.3. The first-order chi connectivity index (χ1) is 9.19. The number of amides is 1. The third kappa shape index (κ3) is 6.10. The van der Waals surface area contributed by atoms with Crippen molar-refractivity contribution in [2.45, 2.75) is 6.54 Å². The minimum absolute atomic E-state index is 0. The molecule has 7 heteroatoms. The Bertz CT molecular complexity index is 415. The highest BCUT2D eigenvalue weighted by Crippen LogP contribution is 2.30. The molecule has 0 spiro atoms. The van der Waals surface area contributed by atoms with Crippen molar-refractivity contribution in [1.82, 2.24) is 5.32 Å². The van der Waals surface area contributed by atoms with E-state index in [-0.39, 0.29) is 19.0 Å². The van der Waals surface area contributed by atoms with Crippen molar-refractivity contribution in [2.75, 3.05) is 34.0 Å². The highest BCUT2D eigenvalue weighted by molar-refractivity contribution is 5.85. The Morgan fingerprint density at radius 3 is 2.70 bits per heavy atom. The molecule has 0 bridgehead atoms. The van der Waals surface area contributed by atoms with Crippen LogP contribution >= 0.6 is 12.4 Å². The number of nitrogens with two attached hydrogens (primary N) is 1. The number of benzene rings is 1. The van der Waals surface area contributed by atoms with Crippen molar-refractivity contribution < 1.29 is 19.0 Å². The number of methoxy groups -OCH3 is 2. The van der Waals surface area contributed by atoms with Gasteiger partial charge in [0.05, 0.1) is 13.7 Å². The van der Waals surface area contributed by atoms with E-state index in [2.05, 4.69) is 5.32 Å². The SMILES string of the molecule is COCCNCc1cccc(OC)c1OCC(N)=O.Cl. The van der Waals surface area contributed by atoms with Crippen molar-refractivity contribution in [2.24, 2.45) is 5.73 Å². The fourth-order valence-corrected chi connectivity index (χ4v) is 1.57. The second-order valence-corrected chi connectivity index (χ2v) is 3.87. The minimum atomic E-state index is -0.524. The third-order valence-corrected chi connectivity index (χ3v) is 2.44. The molecule has 0 saturated heterocycles. The first-order valence-corrected chi connectivity index (χ1v) is 5.95. The molecule has 1 aromatic carbocycles. The molecule has 6 nitrogen and oxygen atoms in total.